The lowest BCUT2D eigenvalue weighted by Crippen LogP contribution is -2.11. The minimum atomic E-state index is -1.19. The van der Waals surface area contributed by atoms with Gasteiger partial charge in [0, 0.05) is 17.5 Å². The van der Waals surface area contributed by atoms with Crippen molar-refractivity contribution in [3.63, 3.8) is 0 Å². The summed E-state index contributed by atoms with van der Waals surface area (Å²) in [6.07, 6.45) is -0.111. The summed E-state index contributed by atoms with van der Waals surface area (Å²) in [7, 11) is 0. The number of nitrogens with zero attached hydrogens (tertiary/aromatic N) is 1. The van der Waals surface area contributed by atoms with E-state index >= 15 is 0 Å². The SMILES string of the molecule is N#Cc1ccc(C(=O)O)c(N)c1CC(=O)c1ccccc1. The highest BCUT2D eigenvalue weighted by Crippen LogP contribution is 2.23. The van der Waals surface area contributed by atoms with Crippen LogP contribution in [0.1, 0.15) is 31.8 Å². The lowest BCUT2D eigenvalue weighted by molar-refractivity contribution is 0.0697. The second-order valence-electron chi connectivity index (χ2n) is 4.44. The number of nitrogen functional groups attached to an aromatic ring is 1. The van der Waals surface area contributed by atoms with E-state index in [1.165, 1.54) is 12.1 Å². The highest BCUT2D eigenvalue weighted by Gasteiger charge is 2.18. The van der Waals surface area contributed by atoms with E-state index in [4.69, 9.17) is 16.1 Å². The normalized spacial score (nSPS) is 9.86. The molecular weight excluding hydrogens is 268 g/mol. The molecule has 0 fully saturated rings. The van der Waals surface area contributed by atoms with Gasteiger partial charge in [0.25, 0.3) is 0 Å². The Labute approximate surface area is 121 Å². The number of aromatic carboxylic acids is 1. The molecule has 0 spiro atoms. The Morgan fingerprint density at radius 2 is 1.81 bits per heavy atom. The number of Topliss-reactive ketones (excluding diaryl/α,β-unsaturated/α-hetero) is 1. The number of rotatable bonds is 4. The maximum atomic E-state index is 12.2. The Balaban J connectivity index is 2.44. The number of carbonyl (C=O) groups is 2. The fourth-order valence-electron chi connectivity index (χ4n) is 2.03. The highest BCUT2D eigenvalue weighted by atomic mass is 16.4. The Bertz CT molecular complexity index is 746. The average Bonchev–Trinajstić information content (AvgIpc) is 2.49. The highest BCUT2D eigenvalue weighted by molar-refractivity contribution is 6.00. The zero-order chi connectivity index (χ0) is 15.4. The van der Waals surface area contributed by atoms with Gasteiger partial charge in [0.2, 0.25) is 0 Å². The molecule has 21 heavy (non-hydrogen) atoms. The molecule has 0 aliphatic carbocycles. The molecule has 0 unspecified atom stereocenters. The van der Waals surface area contributed by atoms with Crippen LogP contribution in [0.25, 0.3) is 0 Å². The van der Waals surface area contributed by atoms with Gasteiger partial charge in [-0.2, -0.15) is 5.26 Å². The summed E-state index contributed by atoms with van der Waals surface area (Å²) in [6, 6.07) is 13.1. The van der Waals surface area contributed by atoms with Gasteiger partial charge in [-0.1, -0.05) is 30.3 Å². The lowest BCUT2D eigenvalue weighted by Gasteiger charge is -2.10. The molecule has 0 saturated carbocycles. The predicted octanol–water partition coefficient (Wildman–Crippen LogP) is 2.26. The number of ketones is 1. The van der Waals surface area contributed by atoms with Crippen molar-refractivity contribution in [2.75, 3.05) is 5.73 Å². The topological polar surface area (TPSA) is 104 Å². The van der Waals surface area contributed by atoms with E-state index in [9.17, 15) is 9.59 Å². The van der Waals surface area contributed by atoms with Crippen LogP contribution in [-0.4, -0.2) is 16.9 Å². The summed E-state index contributed by atoms with van der Waals surface area (Å²) in [5, 5.41) is 18.1. The van der Waals surface area contributed by atoms with E-state index < -0.39 is 5.97 Å². The van der Waals surface area contributed by atoms with E-state index in [1.54, 1.807) is 30.3 Å². The summed E-state index contributed by atoms with van der Waals surface area (Å²) in [5.41, 5.74) is 6.61. The summed E-state index contributed by atoms with van der Waals surface area (Å²) >= 11 is 0. The summed E-state index contributed by atoms with van der Waals surface area (Å²) in [4.78, 5) is 23.3. The molecule has 2 aromatic rings. The Hall–Kier alpha value is -3.13. The third kappa shape index (κ3) is 2.90. The van der Waals surface area contributed by atoms with Crippen molar-refractivity contribution in [2.45, 2.75) is 6.42 Å². The molecule has 0 aliphatic heterocycles. The van der Waals surface area contributed by atoms with Crippen LogP contribution in [0.2, 0.25) is 0 Å². The number of carboxylic acid groups (broad SMARTS) is 1. The van der Waals surface area contributed by atoms with Crippen LogP contribution in [0.3, 0.4) is 0 Å². The van der Waals surface area contributed by atoms with Crippen molar-refractivity contribution < 1.29 is 14.7 Å². The monoisotopic (exact) mass is 280 g/mol. The molecule has 0 heterocycles. The summed E-state index contributed by atoms with van der Waals surface area (Å²) in [6.45, 7) is 0. The van der Waals surface area contributed by atoms with Gasteiger partial charge in [-0.3, -0.25) is 4.79 Å². The molecule has 5 heteroatoms. The van der Waals surface area contributed by atoms with Gasteiger partial charge in [-0.15, -0.1) is 0 Å². The number of nitrogens with two attached hydrogens (primary N) is 1. The number of anilines is 1. The largest absolute Gasteiger partial charge is 0.478 e. The number of hydrogen-bond donors (Lipinski definition) is 2. The van der Waals surface area contributed by atoms with Crippen molar-refractivity contribution >= 4 is 17.4 Å². The molecule has 2 aromatic carbocycles. The van der Waals surface area contributed by atoms with Gasteiger partial charge in [-0.05, 0) is 12.1 Å². The maximum Gasteiger partial charge on any atom is 0.337 e. The first-order valence-electron chi connectivity index (χ1n) is 6.17. The number of hydrogen-bond acceptors (Lipinski definition) is 4. The molecule has 0 saturated heterocycles. The van der Waals surface area contributed by atoms with Gasteiger partial charge in [0.05, 0.1) is 22.9 Å². The Kier molecular flexibility index (Phi) is 4.00. The minimum Gasteiger partial charge on any atom is -0.478 e. The van der Waals surface area contributed by atoms with Crippen molar-refractivity contribution in [3.8, 4) is 6.07 Å². The first-order chi connectivity index (χ1) is 10.0. The molecule has 0 atom stereocenters. The molecular formula is C16H12N2O3. The first kappa shape index (κ1) is 14.3. The lowest BCUT2D eigenvalue weighted by atomic mass is 9.95. The van der Waals surface area contributed by atoms with E-state index in [0.717, 1.165) is 0 Å². The van der Waals surface area contributed by atoms with E-state index in [1.807, 2.05) is 6.07 Å². The maximum absolute atomic E-state index is 12.2. The number of carboxylic acids is 1. The molecule has 0 radical (unpaired) electrons. The number of nitriles is 1. The zero-order valence-corrected chi connectivity index (χ0v) is 11.0. The third-order valence-electron chi connectivity index (χ3n) is 3.14. The third-order valence-corrected chi connectivity index (χ3v) is 3.14. The van der Waals surface area contributed by atoms with Gasteiger partial charge in [0.1, 0.15) is 0 Å². The minimum absolute atomic E-state index is 0.0363. The Morgan fingerprint density at radius 3 is 2.38 bits per heavy atom. The van der Waals surface area contributed by atoms with Crippen molar-refractivity contribution in [2.24, 2.45) is 0 Å². The van der Waals surface area contributed by atoms with Crippen LogP contribution in [0, 0.1) is 11.3 Å². The van der Waals surface area contributed by atoms with Crippen LogP contribution in [0.5, 0.6) is 0 Å². The number of carbonyl (C=O) groups excluding carboxylic acids is 1. The molecule has 3 N–H and O–H groups in total. The van der Waals surface area contributed by atoms with Crippen LogP contribution < -0.4 is 5.73 Å². The Morgan fingerprint density at radius 1 is 1.14 bits per heavy atom. The zero-order valence-electron chi connectivity index (χ0n) is 11.0. The average molecular weight is 280 g/mol. The smallest absolute Gasteiger partial charge is 0.337 e. The molecule has 0 amide bonds. The fraction of sp³-hybridized carbons (Fsp3) is 0.0625. The van der Waals surface area contributed by atoms with Crippen molar-refractivity contribution in [3.05, 3.63) is 64.7 Å². The molecule has 0 aromatic heterocycles. The number of benzene rings is 2. The van der Waals surface area contributed by atoms with Crippen LogP contribution in [0.4, 0.5) is 5.69 Å². The van der Waals surface area contributed by atoms with E-state index in [0.29, 0.717) is 5.56 Å². The van der Waals surface area contributed by atoms with Crippen molar-refractivity contribution in [1.29, 1.82) is 5.26 Å². The molecule has 0 bridgehead atoms. The van der Waals surface area contributed by atoms with Crippen molar-refractivity contribution in [1.82, 2.24) is 0 Å². The van der Waals surface area contributed by atoms with E-state index in [2.05, 4.69) is 0 Å². The molecule has 0 aliphatic rings. The van der Waals surface area contributed by atoms with Gasteiger partial charge in [-0.25, -0.2) is 4.79 Å². The van der Waals surface area contributed by atoms with Gasteiger partial charge < -0.3 is 10.8 Å². The molecule has 5 nitrogen and oxygen atoms in total. The van der Waals surface area contributed by atoms with Crippen LogP contribution >= 0.6 is 0 Å². The summed E-state index contributed by atoms with van der Waals surface area (Å²) in [5.74, 6) is -1.41. The molecule has 2 rings (SSSR count). The van der Waals surface area contributed by atoms with Gasteiger partial charge >= 0.3 is 5.97 Å². The van der Waals surface area contributed by atoms with Crippen LogP contribution in [0.15, 0.2) is 42.5 Å². The van der Waals surface area contributed by atoms with Crippen LogP contribution in [-0.2, 0) is 6.42 Å². The second kappa shape index (κ2) is 5.88. The first-order valence-corrected chi connectivity index (χ1v) is 6.17. The quantitative estimate of drug-likeness (QED) is 0.660. The fourth-order valence-corrected chi connectivity index (χ4v) is 2.03. The summed E-state index contributed by atoms with van der Waals surface area (Å²) < 4.78 is 0. The standard InChI is InChI=1S/C16H12N2O3/c17-9-11-6-7-12(16(20)21)15(18)13(11)8-14(19)10-4-2-1-3-5-10/h1-7H,8,18H2,(H,20,21). The molecule has 104 valence electrons. The second-order valence-corrected chi connectivity index (χ2v) is 4.44. The van der Waals surface area contributed by atoms with Gasteiger partial charge in [0.15, 0.2) is 5.78 Å². The predicted molar refractivity (Wildman–Crippen MR) is 77.0 cm³/mol. The van der Waals surface area contributed by atoms with E-state index in [-0.39, 0.29) is 34.6 Å².